The minimum absolute atomic E-state index is 0.158. The summed E-state index contributed by atoms with van der Waals surface area (Å²) in [6.45, 7) is 2.89. The fraction of sp³-hybridized carbons (Fsp3) is 0.222. The molecule has 24 heavy (non-hydrogen) atoms. The molecule has 6 nitrogen and oxygen atoms in total. The van der Waals surface area contributed by atoms with Crippen molar-refractivity contribution in [1.82, 2.24) is 5.32 Å². The first-order valence-corrected chi connectivity index (χ1v) is 7.57. The summed E-state index contributed by atoms with van der Waals surface area (Å²) in [4.78, 5) is 23.2. The molecule has 0 atom stereocenters. The van der Waals surface area contributed by atoms with E-state index in [0.717, 1.165) is 11.3 Å². The molecule has 0 fully saturated rings. The van der Waals surface area contributed by atoms with Crippen molar-refractivity contribution in [2.45, 2.75) is 13.5 Å². The minimum Gasteiger partial charge on any atom is -0.494 e. The summed E-state index contributed by atoms with van der Waals surface area (Å²) in [5.74, 6) is 0.581. The van der Waals surface area contributed by atoms with Gasteiger partial charge >= 0.3 is 6.09 Å². The van der Waals surface area contributed by atoms with Gasteiger partial charge < -0.3 is 14.8 Å². The fourth-order valence-electron chi connectivity index (χ4n) is 2.03. The molecule has 0 unspecified atom stereocenters. The lowest BCUT2D eigenvalue weighted by Gasteiger charge is -2.08. The zero-order valence-electron chi connectivity index (χ0n) is 13.7. The van der Waals surface area contributed by atoms with Crippen LogP contribution >= 0.6 is 0 Å². The number of benzene rings is 2. The summed E-state index contributed by atoms with van der Waals surface area (Å²) in [6.07, 6.45) is -0.522. The molecule has 2 aromatic rings. The molecule has 0 aliphatic rings. The van der Waals surface area contributed by atoms with Crippen molar-refractivity contribution in [3.8, 4) is 5.75 Å². The highest BCUT2D eigenvalue weighted by molar-refractivity contribution is 5.94. The van der Waals surface area contributed by atoms with E-state index in [-0.39, 0.29) is 5.91 Å². The van der Waals surface area contributed by atoms with Crippen molar-refractivity contribution in [3.63, 3.8) is 0 Å². The van der Waals surface area contributed by atoms with Crippen molar-refractivity contribution < 1.29 is 19.1 Å². The van der Waals surface area contributed by atoms with Crippen LogP contribution in [-0.4, -0.2) is 25.7 Å². The lowest BCUT2D eigenvalue weighted by atomic mass is 10.1. The van der Waals surface area contributed by atoms with Gasteiger partial charge in [-0.25, -0.2) is 4.79 Å². The molecule has 126 valence electrons. The molecule has 0 saturated heterocycles. The number of hydrogen-bond donors (Lipinski definition) is 2. The predicted molar refractivity (Wildman–Crippen MR) is 91.3 cm³/mol. The minimum atomic E-state index is -0.522. The van der Waals surface area contributed by atoms with Crippen molar-refractivity contribution in [2.24, 2.45) is 0 Å². The van der Waals surface area contributed by atoms with Gasteiger partial charge in [0.2, 0.25) is 0 Å². The Kier molecular flexibility index (Phi) is 6.19. The molecular weight excluding hydrogens is 308 g/mol. The number of rotatable bonds is 6. The summed E-state index contributed by atoms with van der Waals surface area (Å²) in [7, 11) is 1.31. The van der Waals surface area contributed by atoms with Gasteiger partial charge in [-0.15, -0.1) is 0 Å². The van der Waals surface area contributed by atoms with Crippen LogP contribution in [0.15, 0.2) is 48.5 Å². The molecule has 0 saturated carbocycles. The molecule has 0 aliphatic carbocycles. The van der Waals surface area contributed by atoms with Crippen LogP contribution in [0, 0.1) is 0 Å². The maximum absolute atomic E-state index is 12.1. The van der Waals surface area contributed by atoms with E-state index in [1.54, 1.807) is 36.4 Å². The number of hydrogen-bond acceptors (Lipinski definition) is 4. The molecule has 0 radical (unpaired) electrons. The topological polar surface area (TPSA) is 76.7 Å². The average molecular weight is 328 g/mol. The van der Waals surface area contributed by atoms with E-state index in [1.165, 1.54) is 7.11 Å². The standard InChI is InChI=1S/C18H20N2O4/c1-3-24-16-10-6-14(7-11-16)17(21)19-12-13-4-8-15(9-5-13)20-18(22)23-2/h4-11H,3,12H2,1-2H3,(H,19,21)(H,20,22). The Hall–Kier alpha value is -3.02. The number of nitrogens with one attached hydrogen (secondary N) is 2. The third kappa shape index (κ3) is 5.01. The summed E-state index contributed by atoms with van der Waals surface area (Å²) < 4.78 is 9.87. The van der Waals surface area contributed by atoms with E-state index < -0.39 is 6.09 Å². The van der Waals surface area contributed by atoms with Gasteiger partial charge in [0.05, 0.1) is 13.7 Å². The largest absolute Gasteiger partial charge is 0.494 e. The van der Waals surface area contributed by atoms with Gasteiger partial charge in [-0.3, -0.25) is 10.1 Å². The summed E-state index contributed by atoms with van der Waals surface area (Å²) >= 11 is 0. The van der Waals surface area contributed by atoms with Gasteiger partial charge in [0.1, 0.15) is 5.75 Å². The third-order valence-corrected chi connectivity index (χ3v) is 3.27. The second-order valence-electron chi connectivity index (χ2n) is 4.95. The highest BCUT2D eigenvalue weighted by Gasteiger charge is 2.06. The Labute approximate surface area is 140 Å². The number of methoxy groups -OCH3 is 1. The molecule has 2 aromatic carbocycles. The van der Waals surface area contributed by atoms with Crippen LogP contribution in [0.2, 0.25) is 0 Å². The van der Waals surface area contributed by atoms with Crippen molar-refractivity contribution in [3.05, 3.63) is 59.7 Å². The maximum atomic E-state index is 12.1. The molecular formula is C18H20N2O4. The highest BCUT2D eigenvalue weighted by Crippen LogP contribution is 2.13. The Morgan fingerprint density at radius 2 is 1.67 bits per heavy atom. The van der Waals surface area contributed by atoms with E-state index in [4.69, 9.17) is 4.74 Å². The molecule has 2 amide bonds. The fourth-order valence-corrected chi connectivity index (χ4v) is 2.03. The molecule has 2 rings (SSSR count). The number of anilines is 1. The molecule has 2 N–H and O–H groups in total. The van der Waals surface area contributed by atoms with E-state index >= 15 is 0 Å². The zero-order valence-corrected chi connectivity index (χ0v) is 13.7. The summed E-state index contributed by atoms with van der Waals surface area (Å²) in [6, 6.07) is 14.1. The lowest BCUT2D eigenvalue weighted by molar-refractivity contribution is 0.0951. The number of carbonyl (C=O) groups is 2. The third-order valence-electron chi connectivity index (χ3n) is 3.27. The Morgan fingerprint density at radius 1 is 1.00 bits per heavy atom. The van der Waals surface area contributed by atoms with Gasteiger partial charge in [0.25, 0.3) is 5.91 Å². The number of carbonyl (C=O) groups excluding carboxylic acids is 2. The Bertz CT molecular complexity index is 681. The Morgan fingerprint density at radius 3 is 2.25 bits per heavy atom. The zero-order chi connectivity index (χ0) is 17.4. The van der Waals surface area contributed by atoms with Gasteiger partial charge in [0.15, 0.2) is 0 Å². The first-order valence-electron chi connectivity index (χ1n) is 7.57. The van der Waals surface area contributed by atoms with Crippen LogP contribution in [0.4, 0.5) is 10.5 Å². The van der Waals surface area contributed by atoms with Gasteiger partial charge in [-0.1, -0.05) is 12.1 Å². The van der Waals surface area contributed by atoms with E-state index in [0.29, 0.717) is 24.4 Å². The monoisotopic (exact) mass is 328 g/mol. The van der Waals surface area contributed by atoms with Crippen LogP contribution in [-0.2, 0) is 11.3 Å². The Balaban J connectivity index is 1.88. The normalized spacial score (nSPS) is 9.92. The highest BCUT2D eigenvalue weighted by atomic mass is 16.5. The van der Waals surface area contributed by atoms with Crippen molar-refractivity contribution >= 4 is 17.7 Å². The first kappa shape index (κ1) is 17.3. The van der Waals surface area contributed by atoms with Crippen LogP contribution in [0.25, 0.3) is 0 Å². The number of ether oxygens (including phenoxy) is 2. The molecule has 0 spiro atoms. The molecule has 0 aliphatic heterocycles. The summed E-state index contributed by atoms with van der Waals surface area (Å²) in [5.41, 5.74) is 2.12. The van der Waals surface area contributed by atoms with E-state index in [9.17, 15) is 9.59 Å². The van der Waals surface area contributed by atoms with Crippen LogP contribution < -0.4 is 15.4 Å². The predicted octanol–water partition coefficient (Wildman–Crippen LogP) is 3.19. The molecule has 0 heterocycles. The van der Waals surface area contributed by atoms with Crippen LogP contribution in [0.5, 0.6) is 5.75 Å². The van der Waals surface area contributed by atoms with Crippen molar-refractivity contribution in [2.75, 3.05) is 19.0 Å². The van der Waals surface area contributed by atoms with Gasteiger partial charge in [0, 0.05) is 17.8 Å². The second kappa shape index (κ2) is 8.57. The molecule has 0 bridgehead atoms. The maximum Gasteiger partial charge on any atom is 0.411 e. The summed E-state index contributed by atoms with van der Waals surface area (Å²) in [5, 5.41) is 5.41. The van der Waals surface area contributed by atoms with Crippen LogP contribution in [0.1, 0.15) is 22.8 Å². The van der Waals surface area contributed by atoms with Crippen LogP contribution in [0.3, 0.4) is 0 Å². The second-order valence-corrected chi connectivity index (χ2v) is 4.95. The average Bonchev–Trinajstić information content (AvgIpc) is 2.61. The SMILES string of the molecule is CCOc1ccc(C(=O)NCc2ccc(NC(=O)OC)cc2)cc1. The number of amides is 2. The van der Waals surface area contributed by atoms with E-state index in [2.05, 4.69) is 15.4 Å². The van der Waals surface area contributed by atoms with Gasteiger partial charge in [-0.2, -0.15) is 0 Å². The van der Waals surface area contributed by atoms with Crippen molar-refractivity contribution in [1.29, 1.82) is 0 Å². The molecule has 6 heteroatoms. The lowest BCUT2D eigenvalue weighted by Crippen LogP contribution is -2.22. The quantitative estimate of drug-likeness (QED) is 0.854. The molecule has 0 aromatic heterocycles. The smallest absolute Gasteiger partial charge is 0.411 e. The van der Waals surface area contributed by atoms with E-state index in [1.807, 2.05) is 19.1 Å². The first-order chi connectivity index (χ1) is 11.6. The van der Waals surface area contributed by atoms with Gasteiger partial charge in [-0.05, 0) is 48.9 Å².